The second-order valence-corrected chi connectivity index (χ2v) is 5.85. The number of hydrogen-bond donors (Lipinski definition) is 1. The molecule has 5 unspecified atom stereocenters. The third kappa shape index (κ3) is 2.98. The predicted molar refractivity (Wildman–Crippen MR) is 71.1 cm³/mol. The van der Waals surface area contributed by atoms with Gasteiger partial charge in [-0.25, -0.2) is 4.68 Å². The summed E-state index contributed by atoms with van der Waals surface area (Å²) in [5, 5.41) is 20.7. The molecule has 0 amide bonds. The van der Waals surface area contributed by atoms with Crippen LogP contribution in [0.2, 0.25) is 0 Å². The summed E-state index contributed by atoms with van der Waals surface area (Å²) in [5.74, 6) is 0.472. The van der Waals surface area contributed by atoms with E-state index in [1.54, 1.807) is 4.68 Å². The highest BCUT2D eigenvalue weighted by atomic mass is 16.5. The molecule has 1 saturated heterocycles. The highest BCUT2D eigenvalue weighted by molar-refractivity contribution is 5.66. The number of ether oxygens (including phenoxy) is 1. The fraction of sp³-hybridized carbons (Fsp3) is 0.846. The molecule has 0 aromatic carbocycles. The molecule has 0 radical (unpaired) electrons. The van der Waals surface area contributed by atoms with Crippen molar-refractivity contribution in [2.24, 2.45) is 11.8 Å². The zero-order chi connectivity index (χ0) is 14.9. The zero-order valence-electron chi connectivity index (χ0n) is 12.4. The Morgan fingerprint density at radius 2 is 2.10 bits per heavy atom. The molecule has 1 aromatic rings. The van der Waals surface area contributed by atoms with Crippen LogP contribution < -0.4 is 0 Å². The van der Waals surface area contributed by atoms with Gasteiger partial charge in [0.1, 0.15) is 0 Å². The van der Waals surface area contributed by atoms with Crippen molar-refractivity contribution in [3.05, 3.63) is 5.82 Å². The molecule has 1 aliphatic rings. The average molecular weight is 282 g/mol. The van der Waals surface area contributed by atoms with Crippen molar-refractivity contribution in [3.8, 4) is 0 Å². The van der Waals surface area contributed by atoms with Gasteiger partial charge < -0.3 is 9.84 Å². The Hall–Kier alpha value is -1.50. The molecular weight excluding hydrogens is 260 g/mol. The maximum Gasteiger partial charge on any atom is 0.303 e. The number of aromatic nitrogens is 4. The van der Waals surface area contributed by atoms with Crippen molar-refractivity contribution in [2.75, 3.05) is 0 Å². The molecule has 1 fully saturated rings. The Labute approximate surface area is 118 Å². The average Bonchev–Trinajstić information content (AvgIpc) is 2.84. The smallest absolute Gasteiger partial charge is 0.303 e. The van der Waals surface area contributed by atoms with E-state index in [0.29, 0.717) is 12.5 Å². The van der Waals surface area contributed by atoms with E-state index < -0.39 is 5.97 Å². The number of tetrazole rings is 1. The lowest BCUT2D eigenvalue weighted by Gasteiger charge is -2.18. The molecule has 0 spiro atoms. The van der Waals surface area contributed by atoms with E-state index in [9.17, 15) is 4.79 Å². The maximum absolute atomic E-state index is 10.7. The van der Waals surface area contributed by atoms with Crippen LogP contribution in [0.5, 0.6) is 0 Å². The number of carbonyl (C=O) groups is 1. The van der Waals surface area contributed by atoms with E-state index in [1.807, 2.05) is 13.8 Å². The first-order chi connectivity index (χ1) is 9.40. The first-order valence-electron chi connectivity index (χ1n) is 7.03. The Morgan fingerprint density at radius 3 is 2.65 bits per heavy atom. The van der Waals surface area contributed by atoms with Gasteiger partial charge in [-0.05, 0) is 36.1 Å². The van der Waals surface area contributed by atoms with E-state index in [0.717, 1.165) is 5.82 Å². The fourth-order valence-electron chi connectivity index (χ4n) is 2.95. The van der Waals surface area contributed by atoms with Crippen LogP contribution in [0.15, 0.2) is 0 Å². The Balaban J connectivity index is 2.14. The van der Waals surface area contributed by atoms with Crippen LogP contribution in [0.4, 0.5) is 0 Å². The first kappa shape index (κ1) is 14.9. The van der Waals surface area contributed by atoms with Crippen LogP contribution in [0.25, 0.3) is 0 Å². The summed E-state index contributed by atoms with van der Waals surface area (Å²) in [6, 6.07) is 0. The topological polar surface area (TPSA) is 90.1 Å². The quantitative estimate of drug-likeness (QED) is 0.875. The molecule has 2 heterocycles. The van der Waals surface area contributed by atoms with Gasteiger partial charge in [0.15, 0.2) is 5.82 Å². The summed E-state index contributed by atoms with van der Waals surface area (Å²) in [7, 11) is 0. The molecule has 0 bridgehead atoms. The van der Waals surface area contributed by atoms with Gasteiger partial charge >= 0.3 is 5.97 Å². The molecular formula is C13H22N4O3. The number of hydrogen-bond acceptors (Lipinski definition) is 5. The van der Waals surface area contributed by atoms with Gasteiger partial charge in [0.2, 0.25) is 0 Å². The van der Waals surface area contributed by atoms with Gasteiger partial charge in [-0.1, -0.05) is 13.8 Å². The summed E-state index contributed by atoms with van der Waals surface area (Å²) in [5.41, 5.74) is 0. The SMILES string of the molecule is CC(CC(=O)O)Cn1nnnc1C1C(C)OC(C)C1C. The van der Waals surface area contributed by atoms with Crippen molar-refractivity contribution >= 4 is 5.97 Å². The van der Waals surface area contributed by atoms with Gasteiger partial charge in [0.25, 0.3) is 0 Å². The first-order valence-corrected chi connectivity index (χ1v) is 7.03. The lowest BCUT2D eigenvalue weighted by Crippen LogP contribution is -2.23. The number of carboxylic acids is 1. The summed E-state index contributed by atoms with van der Waals surface area (Å²) < 4.78 is 7.56. The second-order valence-electron chi connectivity index (χ2n) is 5.85. The largest absolute Gasteiger partial charge is 0.481 e. The lowest BCUT2D eigenvalue weighted by molar-refractivity contribution is -0.138. The monoisotopic (exact) mass is 282 g/mol. The zero-order valence-corrected chi connectivity index (χ0v) is 12.4. The normalized spacial score (nSPS) is 31.4. The molecule has 20 heavy (non-hydrogen) atoms. The number of carboxylic acid groups (broad SMARTS) is 1. The van der Waals surface area contributed by atoms with E-state index in [2.05, 4.69) is 29.4 Å². The minimum Gasteiger partial charge on any atom is -0.481 e. The summed E-state index contributed by atoms with van der Waals surface area (Å²) in [6.45, 7) is 8.63. The highest BCUT2D eigenvalue weighted by Gasteiger charge is 2.41. The standard InChI is InChI=1S/C13H22N4O3/c1-7(5-11(18)19)6-17-13(14-15-16-17)12-8(2)9(3)20-10(12)4/h7-10,12H,5-6H2,1-4H3,(H,18,19). The van der Waals surface area contributed by atoms with E-state index >= 15 is 0 Å². The maximum atomic E-state index is 10.7. The summed E-state index contributed by atoms with van der Waals surface area (Å²) >= 11 is 0. The molecule has 1 N–H and O–H groups in total. The molecule has 1 aromatic heterocycles. The molecule has 112 valence electrons. The molecule has 7 heteroatoms. The van der Waals surface area contributed by atoms with Crippen LogP contribution in [-0.4, -0.2) is 43.5 Å². The molecule has 1 aliphatic heterocycles. The van der Waals surface area contributed by atoms with Crippen LogP contribution in [0, 0.1) is 11.8 Å². The van der Waals surface area contributed by atoms with Crippen molar-refractivity contribution < 1.29 is 14.6 Å². The fourth-order valence-corrected chi connectivity index (χ4v) is 2.95. The highest BCUT2D eigenvalue weighted by Crippen LogP contribution is 2.38. The second kappa shape index (κ2) is 5.87. The van der Waals surface area contributed by atoms with E-state index in [1.165, 1.54) is 0 Å². The molecule has 0 saturated carbocycles. The molecule has 5 atom stereocenters. The van der Waals surface area contributed by atoms with Gasteiger partial charge in [0.05, 0.1) is 18.1 Å². The van der Waals surface area contributed by atoms with Gasteiger partial charge in [-0.3, -0.25) is 4.79 Å². The third-order valence-corrected chi connectivity index (χ3v) is 4.11. The Morgan fingerprint density at radius 1 is 1.40 bits per heavy atom. The van der Waals surface area contributed by atoms with Crippen LogP contribution in [0.3, 0.4) is 0 Å². The summed E-state index contributed by atoms with van der Waals surface area (Å²) in [4.78, 5) is 10.7. The lowest BCUT2D eigenvalue weighted by atomic mass is 9.89. The van der Waals surface area contributed by atoms with Crippen LogP contribution in [-0.2, 0) is 16.1 Å². The van der Waals surface area contributed by atoms with Crippen molar-refractivity contribution in [1.82, 2.24) is 20.2 Å². The minimum absolute atomic E-state index is 0.0138. The summed E-state index contributed by atoms with van der Waals surface area (Å²) in [6.07, 6.45) is 0.359. The van der Waals surface area contributed by atoms with Crippen molar-refractivity contribution in [3.63, 3.8) is 0 Å². The number of aliphatic carboxylic acids is 1. The van der Waals surface area contributed by atoms with E-state index in [4.69, 9.17) is 9.84 Å². The van der Waals surface area contributed by atoms with Gasteiger partial charge in [-0.2, -0.15) is 0 Å². The Kier molecular flexibility index (Phi) is 4.37. The Bertz CT molecular complexity index is 476. The number of nitrogens with zero attached hydrogens (tertiary/aromatic N) is 4. The predicted octanol–water partition coefficient (Wildman–Crippen LogP) is 1.31. The number of rotatable bonds is 5. The van der Waals surface area contributed by atoms with Gasteiger partial charge in [0, 0.05) is 13.0 Å². The van der Waals surface area contributed by atoms with Crippen molar-refractivity contribution in [1.29, 1.82) is 0 Å². The molecule has 2 rings (SSSR count). The van der Waals surface area contributed by atoms with Crippen LogP contribution >= 0.6 is 0 Å². The van der Waals surface area contributed by atoms with Crippen LogP contribution in [0.1, 0.15) is 45.9 Å². The molecule has 7 nitrogen and oxygen atoms in total. The van der Waals surface area contributed by atoms with E-state index in [-0.39, 0.29) is 30.5 Å². The van der Waals surface area contributed by atoms with Gasteiger partial charge in [-0.15, -0.1) is 5.10 Å². The van der Waals surface area contributed by atoms with Crippen molar-refractivity contribution in [2.45, 2.75) is 58.8 Å². The third-order valence-electron chi connectivity index (χ3n) is 4.11. The molecule has 0 aliphatic carbocycles. The minimum atomic E-state index is -0.799.